The van der Waals surface area contributed by atoms with E-state index in [9.17, 15) is 4.79 Å². The van der Waals surface area contributed by atoms with Crippen molar-refractivity contribution in [3.8, 4) is 0 Å². The third kappa shape index (κ3) is 2.31. The molecular formula is C12H15ClN4O. The van der Waals surface area contributed by atoms with Gasteiger partial charge in [0.1, 0.15) is 5.69 Å². The van der Waals surface area contributed by atoms with Gasteiger partial charge < -0.3 is 0 Å². The first-order valence-electron chi connectivity index (χ1n) is 5.76. The van der Waals surface area contributed by atoms with Crippen molar-refractivity contribution in [2.75, 3.05) is 0 Å². The second-order valence-corrected chi connectivity index (χ2v) is 4.54. The van der Waals surface area contributed by atoms with Gasteiger partial charge in [0, 0.05) is 20.3 Å². The number of carbonyl (C=O) groups excluding carboxylic acids is 1. The Morgan fingerprint density at radius 3 is 2.61 bits per heavy atom. The second-order valence-electron chi connectivity index (χ2n) is 4.16. The number of hydrogen-bond acceptors (Lipinski definition) is 3. The minimum absolute atomic E-state index is 0.0526. The molecule has 0 aliphatic heterocycles. The minimum Gasteiger partial charge on any atom is -0.292 e. The van der Waals surface area contributed by atoms with Gasteiger partial charge in [-0.25, -0.2) is 0 Å². The van der Waals surface area contributed by atoms with Crippen LogP contribution in [-0.4, -0.2) is 25.3 Å². The van der Waals surface area contributed by atoms with Gasteiger partial charge in [-0.15, -0.1) is 0 Å². The van der Waals surface area contributed by atoms with Crippen LogP contribution in [0.3, 0.4) is 0 Å². The predicted octanol–water partition coefficient (Wildman–Crippen LogP) is 1.79. The van der Waals surface area contributed by atoms with E-state index in [-0.39, 0.29) is 12.2 Å². The van der Waals surface area contributed by atoms with Crippen molar-refractivity contribution in [1.29, 1.82) is 0 Å². The van der Waals surface area contributed by atoms with Crippen molar-refractivity contribution >= 4 is 17.4 Å². The van der Waals surface area contributed by atoms with Crippen LogP contribution >= 0.6 is 11.6 Å². The minimum atomic E-state index is -0.0526. The molecule has 0 N–H and O–H groups in total. The molecule has 0 saturated carbocycles. The molecule has 96 valence electrons. The van der Waals surface area contributed by atoms with Crippen LogP contribution in [0.4, 0.5) is 0 Å². The lowest BCUT2D eigenvalue weighted by atomic mass is 10.1. The van der Waals surface area contributed by atoms with E-state index in [4.69, 9.17) is 11.6 Å². The van der Waals surface area contributed by atoms with E-state index in [1.165, 1.54) is 0 Å². The molecule has 0 amide bonds. The number of aromatic nitrogens is 4. The molecule has 2 rings (SSSR count). The van der Waals surface area contributed by atoms with E-state index < -0.39 is 0 Å². The Labute approximate surface area is 110 Å². The lowest BCUT2D eigenvalue weighted by Gasteiger charge is -2.00. The monoisotopic (exact) mass is 266 g/mol. The number of halogens is 1. The van der Waals surface area contributed by atoms with Gasteiger partial charge in [0.15, 0.2) is 5.78 Å². The molecule has 18 heavy (non-hydrogen) atoms. The summed E-state index contributed by atoms with van der Waals surface area (Å²) in [5, 5.41) is 8.96. The normalized spacial score (nSPS) is 10.9. The number of aryl methyl sites for hydroxylation is 3. The van der Waals surface area contributed by atoms with Crippen LogP contribution in [0.2, 0.25) is 5.02 Å². The summed E-state index contributed by atoms with van der Waals surface area (Å²) in [4.78, 5) is 12.1. The zero-order valence-electron chi connectivity index (χ0n) is 10.6. The van der Waals surface area contributed by atoms with Gasteiger partial charge in [-0.2, -0.15) is 10.2 Å². The molecule has 2 heterocycles. The second kappa shape index (κ2) is 4.94. The Balaban J connectivity index is 2.24. The Morgan fingerprint density at radius 2 is 2.11 bits per heavy atom. The highest BCUT2D eigenvalue weighted by Crippen LogP contribution is 2.22. The van der Waals surface area contributed by atoms with E-state index in [1.807, 2.05) is 6.92 Å². The largest absolute Gasteiger partial charge is 0.292 e. The highest BCUT2D eigenvalue weighted by atomic mass is 35.5. The molecule has 0 atom stereocenters. The van der Waals surface area contributed by atoms with Crippen LogP contribution in [0, 0.1) is 0 Å². The van der Waals surface area contributed by atoms with E-state index in [2.05, 4.69) is 10.2 Å². The fraction of sp³-hybridized carbons (Fsp3) is 0.417. The predicted molar refractivity (Wildman–Crippen MR) is 68.8 cm³/mol. The Bertz CT molecular complexity index is 585. The number of nitrogens with zero attached hydrogens (tertiary/aromatic N) is 4. The molecular weight excluding hydrogens is 252 g/mol. The van der Waals surface area contributed by atoms with Gasteiger partial charge in [0.25, 0.3) is 0 Å². The standard InChI is InChI=1S/C12H15ClN4O/c1-4-8-12(13)10(17(3)15-8)7-11(18)9-5-6-16(2)14-9/h5-6H,4,7H2,1-3H3. The lowest BCUT2D eigenvalue weighted by Crippen LogP contribution is -2.09. The van der Waals surface area contributed by atoms with Crippen molar-refractivity contribution in [2.24, 2.45) is 14.1 Å². The summed E-state index contributed by atoms with van der Waals surface area (Å²) in [7, 11) is 3.58. The molecule has 0 aliphatic carbocycles. The fourth-order valence-corrected chi connectivity index (χ4v) is 2.18. The Kier molecular flexibility index (Phi) is 3.52. The van der Waals surface area contributed by atoms with E-state index >= 15 is 0 Å². The van der Waals surface area contributed by atoms with E-state index in [0.29, 0.717) is 10.7 Å². The highest BCUT2D eigenvalue weighted by molar-refractivity contribution is 6.32. The lowest BCUT2D eigenvalue weighted by molar-refractivity contribution is 0.0985. The van der Waals surface area contributed by atoms with Gasteiger partial charge in [-0.1, -0.05) is 18.5 Å². The molecule has 0 aromatic carbocycles. The summed E-state index contributed by atoms with van der Waals surface area (Å²) in [6.45, 7) is 1.98. The van der Waals surface area contributed by atoms with Crippen molar-refractivity contribution in [3.05, 3.63) is 34.4 Å². The third-order valence-electron chi connectivity index (χ3n) is 2.83. The average molecular weight is 267 g/mol. The van der Waals surface area contributed by atoms with E-state index in [1.54, 1.807) is 35.7 Å². The number of ketones is 1. The van der Waals surface area contributed by atoms with Crippen molar-refractivity contribution in [1.82, 2.24) is 19.6 Å². The maximum Gasteiger partial charge on any atom is 0.189 e. The van der Waals surface area contributed by atoms with Crippen LogP contribution in [0.15, 0.2) is 12.3 Å². The molecule has 6 heteroatoms. The van der Waals surface area contributed by atoms with Crippen molar-refractivity contribution in [2.45, 2.75) is 19.8 Å². The summed E-state index contributed by atoms with van der Waals surface area (Å²) in [6, 6.07) is 1.70. The summed E-state index contributed by atoms with van der Waals surface area (Å²) in [5.74, 6) is -0.0526. The zero-order chi connectivity index (χ0) is 13.3. The van der Waals surface area contributed by atoms with E-state index in [0.717, 1.165) is 17.8 Å². The van der Waals surface area contributed by atoms with Crippen LogP contribution in [0.25, 0.3) is 0 Å². The first-order valence-corrected chi connectivity index (χ1v) is 6.13. The molecule has 0 saturated heterocycles. The average Bonchev–Trinajstić information content (AvgIpc) is 2.87. The quantitative estimate of drug-likeness (QED) is 0.793. The molecule has 0 unspecified atom stereocenters. The summed E-state index contributed by atoms with van der Waals surface area (Å²) < 4.78 is 3.28. The fourth-order valence-electron chi connectivity index (χ4n) is 1.82. The van der Waals surface area contributed by atoms with Crippen LogP contribution in [0.5, 0.6) is 0 Å². The number of hydrogen-bond donors (Lipinski definition) is 0. The molecule has 0 aliphatic rings. The maximum absolute atomic E-state index is 12.1. The van der Waals surface area contributed by atoms with Gasteiger partial charge in [0.2, 0.25) is 0 Å². The van der Waals surface area contributed by atoms with Crippen molar-refractivity contribution in [3.63, 3.8) is 0 Å². The Hall–Kier alpha value is -1.62. The topological polar surface area (TPSA) is 52.7 Å². The molecule has 0 fully saturated rings. The Morgan fingerprint density at radius 1 is 1.39 bits per heavy atom. The molecule has 0 radical (unpaired) electrons. The summed E-state index contributed by atoms with van der Waals surface area (Å²) in [6.07, 6.45) is 2.72. The van der Waals surface area contributed by atoms with Crippen molar-refractivity contribution < 1.29 is 4.79 Å². The third-order valence-corrected chi connectivity index (χ3v) is 3.27. The molecule has 0 spiro atoms. The SMILES string of the molecule is CCc1nn(C)c(CC(=O)c2ccn(C)n2)c1Cl. The van der Waals surface area contributed by atoms with Gasteiger partial charge in [0.05, 0.1) is 22.8 Å². The molecule has 2 aromatic rings. The summed E-state index contributed by atoms with van der Waals surface area (Å²) in [5.41, 5.74) is 2.01. The zero-order valence-corrected chi connectivity index (χ0v) is 11.4. The highest BCUT2D eigenvalue weighted by Gasteiger charge is 2.18. The number of carbonyl (C=O) groups is 1. The van der Waals surface area contributed by atoms with Crippen LogP contribution in [-0.2, 0) is 26.9 Å². The molecule has 5 nitrogen and oxygen atoms in total. The number of Topliss-reactive ketones (excluding diaryl/α,β-unsaturated/α-hetero) is 1. The summed E-state index contributed by atoms with van der Waals surface area (Å²) >= 11 is 6.21. The first kappa shape index (κ1) is 12.8. The van der Waals surface area contributed by atoms with Gasteiger partial charge in [-0.3, -0.25) is 14.2 Å². The first-order chi connectivity index (χ1) is 8.52. The van der Waals surface area contributed by atoms with Gasteiger partial charge >= 0.3 is 0 Å². The van der Waals surface area contributed by atoms with Crippen LogP contribution in [0.1, 0.15) is 28.8 Å². The molecule has 0 bridgehead atoms. The van der Waals surface area contributed by atoms with Gasteiger partial charge in [-0.05, 0) is 12.5 Å². The maximum atomic E-state index is 12.1. The number of rotatable bonds is 4. The molecule has 2 aromatic heterocycles. The smallest absolute Gasteiger partial charge is 0.189 e. The van der Waals surface area contributed by atoms with Crippen LogP contribution < -0.4 is 0 Å².